The van der Waals surface area contributed by atoms with E-state index in [2.05, 4.69) is 40.3 Å². The second kappa shape index (κ2) is 10.5. The minimum Gasteiger partial charge on any atom is -0.357 e. The number of hydrogen-bond donors (Lipinski definition) is 1. The van der Waals surface area contributed by atoms with Crippen LogP contribution in [-0.2, 0) is 21.9 Å². The Bertz CT molecular complexity index is 780. The molecule has 0 aliphatic carbocycles. The van der Waals surface area contributed by atoms with E-state index in [-0.39, 0.29) is 11.8 Å². The standard InChI is InChI=1S/C21H25BrN2O2S/c1-15-6-4-5-7-18(15)13-27-14-20(25)24(16(2)21(26)23-3)12-17-8-10-19(22)11-9-17/h4-11,16H,12-14H2,1-3H3,(H,23,26)/t16-/m1/s1. The van der Waals surface area contributed by atoms with Crippen molar-refractivity contribution in [1.29, 1.82) is 0 Å². The van der Waals surface area contributed by atoms with Crippen molar-refractivity contribution in [2.75, 3.05) is 12.8 Å². The molecule has 0 radical (unpaired) electrons. The summed E-state index contributed by atoms with van der Waals surface area (Å²) in [5.41, 5.74) is 3.45. The van der Waals surface area contributed by atoms with Gasteiger partial charge in [-0.25, -0.2) is 0 Å². The number of likely N-dealkylation sites (N-methyl/N-ethyl adjacent to an activating group) is 1. The third-order valence-corrected chi connectivity index (χ3v) is 5.92. The van der Waals surface area contributed by atoms with Gasteiger partial charge in [0.1, 0.15) is 6.04 Å². The molecule has 1 atom stereocenters. The lowest BCUT2D eigenvalue weighted by atomic mass is 10.1. The highest BCUT2D eigenvalue weighted by Crippen LogP contribution is 2.19. The number of amides is 2. The first kappa shape index (κ1) is 21.5. The second-order valence-corrected chi connectivity index (χ2v) is 8.26. The Balaban J connectivity index is 2.04. The van der Waals surface area contributed by atoms with Crippen LogP contribution in [0.1, 0.15) is 23.6 Å². The number of nitrogens with zero attached hydrogens (tertiary/aromatic N) is 1. The maximum Gasteiger partial charge on any atom is 0.242 e. The minimum atomic E-state index is -0.523. The second-order valence-electron chi connectivity index (χ2n) is 6.36. The summed E-state index contributed by atoms with van der Waals surface area (Å²) in [5, 5.41) is 2.64. The fourth-order valence-corrected chi connectivity index (χ4v) is 3.93. The van der Waals surface area contributed by atoms with E-state index in [1.807, 2.05) is 36.4 Å². The van der Waals surface area contributed by atoms with Crippen molar-refractivity contribution in [1.82, 2.24) is 10.2 Å². The van der Waals surface area contributed by atoms with Gasteiger partial charge in [0.05, 0.1) is 5.75 Å². The van der Waals surface area contributed by atoms with Gasteiger partial charge in [-0.1, -0.05) is 52.3 Å². The number of hydrogen-bond acceptors (Lipinski definition) is 3. The van der Waals surface area contributed by atoms with Crippen LogP contribution >= 0.6 is 27.7 Å². The largest absolute Gasteiger partial charge is 0.357 e. The van der Waals surface area contributed by atoms with Crippen LogP contribution in [0, 0.1) is 6.92 Å². The van der Waals surface area contributed by atoms with Crippen molar-refractivity contribution >= 4 is 39.5 Å². The zero-order chi connectivity index (χ0) is 19.8. The van der Waals surface area contributed by atoms with Gasteiger partial charge in [0, 0.05) is 23.8 Å². The van der Waals surface area contributed by atoms with E-state index in [0.29, 0.717) is 12.3 Å². The van der Waals surface area contributed by atoms with Crippen LogP contribution in [0.15, 0.2) is 53.0 Å². The molecule has 0 saturated heterocycles. The maximum absolute atomic E-state index is 12.9. The van der Waals surface area contributed by atoms with Gasteiger partial charge in [0.2, 0.25) is 11.8 Å². The molecule has 1 N–H and O–H groups in total. The number of nitrogens with one attached hydrogen (secondary N) is 1. The highest BCUT2D eigenvalue weighted by atomic mass is 79.9. The fourth-order valence-electron chi connectivity index (χ4n) is 2.68. The highest BCUT2D eigenvalue weighted by molar-refractivity contribution is 9.10. The van der Waals surface area contributed by atoms with Crippen LogP contribution in [0.2, 0.25) is 0 Å². The Morgan fingerprint density at radius 3 is 2.44 bits per heavy atom. The van der Waals surface area contributed by atoms with Crippen LogP contribution in [0.3, 0.4) is 0 Å². The number of carbonyl (C=O) groups is 2. The number of thioether (sulfide) groups is 1. The first-order valence-corrected chi connectivity index (χ1v) is 10.7. The molecule has 144 valence electrons. The average Bonchev–Trinajstić information content (AvgIpc) is 2.67. The smallest absolute Gasteiger partial charge is 0.242 e. The van der Waals surface area contributed by atoms with Crippen molar-refractivity contribution < 1.29 is 9.59 Å². The van der Waals surface area contributed by atoms with Crippen LogP contribution in [0.25, 0.3) is 0 Å². The van der Waals surface area contributed by atoms with E-state index in [1.165, 1.54) is 11.1 Å². The van der Waals surface area contributed by atoms with Gasteiger partial charge < -0.3 is 10.2 Å². The number of benzene rings is 2. The van der Waals surface area contributed by atoms with Crippen molar-refractivity contribution in [2.45, 2.75) is 32.2 Å². The first-order valence-electron chi connectivity index (χ1n) is 8.80. The predicted octanol–water partition coefficient (Wildman–Crippen LogP) is 4.15. The molecule has 0 heterocycles. The van der Waals surface area contributed by atoms with Gasteiger partial charge >= 0.3 is 0 Å². The van der Waals surface area contributed by atoms with Crippen LogP contribution < -0.4 is 5.32 Å². The molecular weight excluding hydrogens is 424 g/mol. The molecule has 0 aromatic heterocycles. The number of rotatable bonds is 8. The SMILES string of the molecule is CNC(=O)[C@@H](C)N(Cc1ccc(Br)cc1)C(=O)CSCc1ccccc1C. The van der Waals surface area contributed by atoms with E-state index < -0.39 is 6.04 Å². The molecule has 2 rings (SSSR count). The molecule has 6 heteroatoms. The molecule has 0 fully saturated rings. The van der Waals surface area contributed by atoms with Crippen molar-refractivity contribution in [3.05, 3.63) is 69.7 Å². The lowest BCUT2D eigenvalue weighted by Crippen LogP contribution is -2.47. The van der Waals surface area contributed by atoms with Crippen molar-refractivity contribution in [3.63, 3.8) is 0 Å². The molecule has 0 spiro atoms. The highest BCUT2D eigenvalue weighted by Gasteiger charge is 2.25. The van der Waals surface area contributed by atoms with Crippen molar-refractivity contribution in [3.8, 4) is 0 Å². The Kier molecular flexibility index (Phi) is 8.38. The third-order valence-electron chi connectivity index (χ3n) is 4.42. The summed E-state index contributed by atoms with van der Waals surface area (Å²) in [4.78, 5) is 26.6. The summed E-state index contributed by atoms with van der Waals surface area (Å²) in [6.45, 7) is 4.25. The van der Waals surface area contributed by atoms with Crippen molar-refractivity contribution in [2.24, 2.45) is 0 Å². The quantitative estimate of drug-likeness (QED) is 0.659. The molecular formula is C21H25BrN2O2S. The van der Waals surface area contributed by atoms with Gasteiger partial charge in [-0.15, -0.1) is 11.8 Å². The molecule has 0 aliphatic rings. The van der Waals surface area contributed by atoms with Gasteiger partial charge in [-0.05, 0) is 42.7 Å². The van der Waals surface area contributed by atoms with Crippen LogP contribution in [-0.4, -0.2) is 35.6 Å². The van der Waals surface area contributed by atoms with Gasteiger partial charge in [-0.2, -0.15) is 0 Å². The maximum atomic E-state index is 12.9. The molecule has 2 aromatic rings. The Morgan fingerprint density at radius 1 is 1.15 bits per heavy atom. The molecule has 0 aliphatic heterocycles. The molecule has 4 nitrogen and oxygen atoms in total. The summed E-state index contributed by atoms with van der Waals surface area (Å²) in [6, 6.07) is 15.5. The van der Waals surface area contributed by atoms with Gasteiger partial charge in [0.15, 0.2) is 0 Å². The lowest BCUT2D eigenvalue weighted by Gasteiger charge is -2.28. The van der Waals surface area contributed by atoms with E-state index in [0.717, 1.165) is 15.8 Å². The topological polar surface area (TPSA) is 49.4 Å². The summed E-state index contributed by atoms with van der Waals surface area (Å²) in [5.74, 6) is 0.919. The molecule has 27 heavy (non-hydrogen) atoms. The van der Waals surface area contributed by atoms with Gasteiger partial charge in [-0.3, -0.25) is 9.59 Å². The zero-order valence-electron chi connectivity index (χ0n) is 15.9. The molecule has 0 saturated carbocycles. The van der Waals surface area contributed by atoms with E-state index in [1.54, 1.807) is 30.6 Å². The molecule has 2 amide bonds. The fraction of sp³-hybridized carbons (Fsp3) is 0.333. The van der Waals surface area contributed by atoms with Crippen LogP contribution in [0.4, 0.5) is 0 Å². The Hall–Kier alpha value is -1.79. The molecule has 0 unspecified atom stereocenters. The summed E-state index contributed by atoms with van der Waals surface area (Å²) in [6.07, 6.45) is 0. The summed E-state index contributed by atoms with van der Waals surface area (Å²) < 4.78 is 0.984. The summed E-state index contributed by atoms with van der Waals surface area (Å²) in [7, 11) is 1.59. The number of aryl methyl sites for hydroxylation is 1. The number of halogens is 1. The molecule has 0 bridgehead atoms. The minimum absolute atomic E-state index is 0.0346. The number of carbonyl (C=O) groups excluding carboxylic acids is 2. The van der Waals surface area contributed by atoms with Crippen LogP contribution in [0.5, 0.6) is 0 Å². The Labute approximate surface area is 173 Å². The lowest BCUT2D eigenvalue weighted by molar-refractivity contribution is -0.138. The van der Waals surface area contributed by atoms with E-state index in [4.69, 9.17) is 0 Å². The zero-order valence-corrected chi connectivity index (χ0v) is 18.3. The predicted molar refractivity (Wildman–Crippen MR) is 116 cm³/mol. The third kappa shape index (κ3) is 6.40. The van der Waals surface area contributed by atoms with Gasteiger partial charge in [0.25, 0.3) is 0 Å². The van der Waals surface area contributed by atoms with E-state index in [9.17, 15) is 9.59 Å². The first-order chi connectivity index (χ1) is 12.9. The average molecular weight is 449 g/mol. The Morgan fingerprint density at radius 2 is 1.81 bits per heavy atom. The normalized spacial score (nSPS) is 11.7. The summed E-state index contributed by atoms with van der Waals surface area (Å²) >= 11 is 4.99. The molecule has 2 aromatic carbocycles. The monoisotopic (exact) mass is 448 g/mol. The van der Waals surface area contributed by atoms with E-state index >= 15 is 0 Å².